The first-order chi connectivity index (χ1) is 14.1. The van der Waals surface area contributed by atoms with Gasteiger partial charge in [-0.15, -0.1) is 5.06 Å². The van der Waals surface area contributed by atoms with Gasteiger partial charge in [0.25, 0.3) is 11.8 Å². The van der Waals surface area contributed by atoms with Crippen LogP contribution in [0.3, 0.4) is 0 Å². The Morgan fingerprint density at radius 3 is 1.79 bits per heavy atom. The molecule has 0 bridgehead atoms. The molecule has 1 aliphatic rings. The Labute approximate surface area is 175 Å². The molecule has 0 aromatic rings. The van der Waals surface area contributed by atoms with Gasteiger partial charge in [0.15, 0.2) is 0 Å². The number of rotatable bonds is 15. The van der Waals surface area contributed by atoms with Crippen molar-refractivity contribution in [1.82, 2.24) is 5.06 Å². The van der Waals surface area contributed by atoms with E-state index in [0.29, 0.717) is 11.5 Å². The monoisotopic (exact) mass is 401 g/mol. The molecule has 0 aliphatic carbocycles. The van der Waals surface area contributed by atoms with E-state index in [1.807, 2.05) is 6.08 Å². The fourth-order valence-electron chi connectivity index (χ4n) is 2.73. The molecule has 0 aromatic heterocycles. The van der Waals surface area contributed by atoms with Gasteiger partial charge in [0, 0.05) is 19.3 Å². The van der Waals surface area contributed by atoms with Crippen LogP contribution in [0.5, 0.6) is 0 Å². The normalized spacial score (nSPS) is 15.1. The highest BCUT2D eigenvalue weighted by molar-refractivity contribution is 6.01. The summed E-state index contributed by atoms with van der Waals surface area (Å²) in [5, 5.41) is 0.599. The van der Waals surface area contributed by atoms with Crippen LogP contribution in [-0.2, 0) is 19.2 Å². The van der Waals surface area contributed by atoms with Gasteiger partial charge in [-0.3, -0.25) is 9.59 Å². The molecule has 0 spiro atoms. The van der Waals surface area contributed by atoms with Crippen LogP contribution in [0.15, 0.2) is 48.6 Å². The van der Waals surface area contributed by atoms with Crippen molar-refractivity contribution < 1.29 is 19.2 Å². The van der Waals surface area contributed by atoms with E-state index in [2.05, 4.69) is 49.5 Å². The first kappa shape index (κ1) is 24.6. The van der Waals surface area contributed by atoms with Gasteiger partial charge in [0.2, 0.25) is 0 Å². The summed E-state index contributed by atoms with van der Waals surface area (Å²) >= 11 is 0. The van der Waals surface area contributed by atoms with Crippen LogP contribution in [-0.4, -0.2) is 22.8 Å². The maximum atomic E-state index is 11.6. The molecule has 0 N–H and O–H groups in total. The number of unbranched alkanes of at least 4 members (excludes halogenated alkanes) is 4. The molecule has 1 rings (SSSR count). The fourth-order valence-corrected chi connectivity index (χ4v) is 2.73. The Kier molecular flexibility index (Phi) is 14.0. The molecular formula is C24H35NO4. The summed E-state index contributed by atoms with van der Waals surface area (Å²) in [4.78, 5) is 39.2. The summed E-state index contributed by atoms with van der Waals surface area (Å²) in [6, 6.07) is 0. The molecule has 0 radical (unpaired) electrons. The molecular weight excluding hydrogens is 366 g/mol. The van der Waals surface area contributed by atoms with Crippen LogP contribution in [0.25, 0.3) is 0 Å². The van der Waals surface area contributed by atoms with Crippen LogP contribution in [0.2, 0.25) is 0 Å². The van der Waals surface area contributed by atoms with Crippen molar-refractivity contribution in [3.8, 4) is 0 Å². The third-order valence-electron chi connectivity index (χ3n) is 4.41. The molecule has 2 amide bonds. The third kappa shape index (κ3) is 12.6. The van der Waals surface area contributed by atoms with Gasteiger partial charge in [-0.1, -0.05) is 68.4 Å². The summed E-state index contributed by atoms with van der Waals surface area (Å²) in [5.74, 6) is -1.42. The minimum atomic E-state index is -0.538. The van der Waals surface area contributed by atoms with E-state index in [0.717, 1.165) is 25.7 Å². The van der Waals surface area contributed by atoms with Crippen LogP contribution >= 0.6 is 0 Å². The second-order valence-electron chi connectivity index (χ2n) is 7.03. The molecule has 0 aromatic carbocycles. The van der Waals surface area contributed by atoms with Gasteiger partial charge in [0.1, 0.15) is 0 Å². The smallest absolute Gasteiger partial charge is 0.330 e. The first-order valence-electron chi connectivity index (χ1n) is 10.8. The van der Waals surface area contributed by atoms with E-state index < -0.39 is 17.8 Å². The zero-order chi connectivity index (χ0) is 21.2. The molecule has 1 fully saturated rings. The quantitative estimate of drug-likeness (QED) is 0.199. The molecule has 160 valence electrons. The van der Waals surface area contributed by atoms with Crippen LogP contribution in [0.4, 0.5) is 0 Å². The molecule has 0 saturated carbocycles. The van der Waals surface area contributed by atoms with Crippen LogP contribution in [0, 0.1) is 0 Å². The van der Waals surface area contributed by atoms with Crippen molar-refractivity contribution in [3.05, 3.63) is 48.6 Å². The van der Waals surface area contributed by atoms with Crippen molar-refractivity contribution in [2.75, 3.05) is 0 Å². The molecule has 1 aliphatic heterocycles. The van der Waals surface area contributed by atoms with Gasteiger partial charge < -0.3 is 4.84 Å². The second-order valence-corrected chi connectivity index (χ2v) is 7.03. The summed E-state index contributed by atoms with van der Waals surface area (Å²) in [5.41, 5.74) is 0. The number of carbonyl (C=O) groups excluding carboxylic acids is 3. The van der Waals surface area contributed by atoms with E-state index in [9.17, 15) is 14.4 Å². The topological polar surface area (TPSA) is 63.7 Å². The van der Waals surface area contributed by atoms with Gasteiger partial charge in [0.05, 0.1) is 0 Å². The Bertz CT molecular complexity index is 600. The number of amides is 2. The zero-order valence-corrected chi connectivity index (χ0v) is 17.7. The lowest BCUT2D eigenvalue weighted by Crippen LogP contribution is -2.31. The van der Waals surface area contributed by atoms with Crippen molar-refractivity contribution >= 4 is 17.8 Å². The summed E-state index contributed by atoms with van der Waals surface area (Å²) in [6.45, 7) is 2.22. The lowest BCUT2D eigenvalue weighted by Gasteiger charge is -2.11. The lowest BCUT2D eigenvalue weighted by atomic mass is 10.2. The average Bonchev–Trinajstić information content (AvgIpc) is 3.02. The zero-order valence-electron chi connectivity index (χ0n) is 17.7. The molecule has 5 nitrogen and oxygen atoms in total. The van der Waals surface area contributed by atoms with Gasteiger partial charge in [-0.05, 0) is 44.9 Å². The van der Waals surface area contributed by atoms with E-state index in [-0.39, 0.29) is 19.3 Å². The number of hydrogen-bond acceptors (Lipinski definition) is 4. The van der Waals surface area contributed by atoms with E-state index >= 15 is 0 Å². The number of allylic oxidation sites excluding steroid dienone is 8. The SMILES string of the molecule is CCCCC/C=C/C/C=C/C/C=C/C/C=C/CCCC(=O)ON1C(=O)CCC1=O. The Hall–Kier alpha value is -2.43. The minimum absolute atomic E-state index is 0.119. The second kappa shape index (κ2) is 16.5. The standard InChI is InChI=1S/C24H35NO4/c1-2-3-4-5-6-7-8-9-10-11-12-13-14-15-16-17-18-19-24(28)29-25-22(26)20-21-23(25)27/h6-7,9-10,12-13,15-16H,2-5,8,11,14,17-21H2,1H3/b7-6+,10-9+,13-12+,16-15+. The predicted molar refractivity (Wildman–Crippen MR) is 116 cm³/mol. The Morgan fingerprint density at radius 2 is 1.28 bits per heavy atom. The minimum Gasteiger partial charge on any atom is -0.330 e. The average molecular weight is 402 g/mol. The van der Waals surface area contributed by atoms with Gasteiger partial charge in [-0.25, -0.2) is 4.79 Å². The molecule has 5 heteroatoms. The summed E-state index contributed by atoms with van der Waals surface area (Å²) in [7, 11) is 0. The van der Waals surface area contributed by atoms with Crippen molar-refractivity contribution in [1.29, 1.82) is 0 Å². The summed E-state index contributed by atoms with van der Waals surface area (Å²) < 4.78 is 0. The number of carbonyl (C=O) groups is 3. The number of hydrogen-bond donors (Lipinski definition) is 0. The maximum Gasteiger partial charge on any atom is 0.333 e. The van der Waals surface area contributed by atoms with E-state index in [1.54, 1.807) is 0 Å². The van der Waals surface area contributed by atoms with Crippen LogP contribution in [0.1, 0.15) is 84.0 Å². The largest absolute Gasteiger partial charge is 0.333 e. The number of nitrogens with zero attached hydrogens (tertiary/aromatic N) is 1. The Balaban J connectivity index is 1.98. The third-order valence-corrected chi connectivity index (χ3v) is 4.41. The van der Waals surface area contributed by atoms with Gasteiger partial charge >= 0.3 is 5.97 Å². The molecule has 0 atom stereocenters. The summed E-state index contributed by atoms with van der Waals surface area (Å²) in [6.07, 6.45) is 26.9. The van der Waals surface area contributed by atoms with Crippen molar-refractivity contribution in [2.45, 2.75) is 84.0 Å². The molecule has 29 heavy (non-hydrogen) atoms. The fraction of sp³-hybridized carbons (Fsp3) is 0.542. The number of imide groups is 1. The molecule has 0 unspecified atom stereocenters. The predicted octanol–water partition coefficient (Wildman–Crippen LogP) is 5.74. The Morgan fingerprint density at radius 1 is 0.793 bits per heavy atom. The van der Waals surface area contributed by atoms with E-state index in [1.165, 1.54) is 25.7 Å². The van der Waals surface area contributed by atoms with E-state index in [4.69, 9.17) is 4.84 Å². The lowest BCUT2D eigenvalue weighted by molar-refractivity contribution is -0.197. The highest BCUT2D eigenvalue weighted by Crippen LogP contribution is 2.13. The van der Waals surface area contributed by atoms with Gasteiger partial charge in [-0.2, -0.15) is 0 Å². The molecule has 1 saturated heterocycles. The van der Waals surface area contributed by atoms with Crippen molar-refractivity contribution in [3.63, 3.8) is 0 Å². The van der Waals surface area contributed by atoms with Crippen molar-refractivity contribution in [2.24, 2.45) is 0 Å². The highest BCUT2D eigenvalue weighted by atomic mass is 16.7. The number of hydroxylamine groups is 2. The van der Waals surface area contributed by atoms with Crippen LogP contribution < -0.4 is 0 Å². The molecule has 1 heterocycles. The highest BCUT2D eigenvalue weighted by Gasteiger charge is 2.32. The maximum absolute atomic E-state index is 11.6. The first-order valence-corrected chi connectivity index (χ1v) is 10.8.